The molecular formula is C21H36O2. The lowest BCUT2D eigenvalue weighted by molar-refractivity contribution is -0.121. The van der Waals surface area contributed by atoms with Gasteiger partial charge < -0.3 is 5.11 Å². The first kappa shape index (κ1) is 17.5. The highest BCUT2D eigenvalue weighted by Crippen LogP contribution is 2.53. The summed E-state index contributed by atoms with van der Waals surface area (Å²) in [4.78, 5) is 11.9. The molecule has 2 nitrogen and oxygen atoms in total. The normalized spacial score (nSPS) is 48.3. The lowest BCUT2D eigenvalue weighted by Crippen LogP contribution is -2.45. The molecule has 0 amide bonds. The number of aliphatic hydroxyl groups is 1. The maximum absolute atomic E-state index is 11.9. The molecule has 23 heavy (non-hydrogen) atoms. The second kappa shape index (κ2) is 6.86. The average Bonchev–Trinajstić information content (AvgIpc) is 2.55. The van der Waals surface area contributed by atoms with Gasteiger partial charge in [-0.15, -0.1) is 0 Å². The third kappa shape index (κ3) is 3.83. The number of hydrogen-bond donors (Lipinski definition) is 1. The van der Waals surface area contributed by atoms with Crippen LogP contribution in [0.25, 0.3) is 0 Å². The Morgan fingerprint density at radius 3 is 2.48 bits per heavy atom. The van der Waals surface area contributed by atoms with Crippen LogP contribution in [0.4, 0.5) is 0 Å². The van der Waals surface area contributed by atoms with Crippen molar-refractivity contribution in [1.29, 1.82) is 0 Å². The molecule has 7 unspecified atom stereocenters. The summed E-state index contributed by atoms with van der Waals surface area (Å²) in [6.45, 7) is 6.28. The number of Topliss-reactive ketones (excluding diaryl/α,β-unsaturated/α-hetero) is 1. The quantitative estimate of drug-likeness (QED) is 0.739. The van der Waals surface area contributed by atoms with E-state index in [4.69, 9.17) is 0 Å². The van der Waals surface area contributed by atoms with E-state index in [9.17, 15) is 9.90 Å². The summed E-state index contributed by atoms with van der Waals surface area (Å²) in [6.07, 6.45) is 11.9. The molecule has 1 N–H and O–H groups in total. The first-order valence-corrected chi connectivity index (χ1v) is 10.1. The average molecular weight is 321 g/mol. The Hall–Kier alpha value is -0.370. The van der Waals surface area contributed by atoms with Crippen LogP contribution in [0.15, 0.2) is 0 Å². The molecule has 0 aromatic rings. The van der Waals surface area contributed by atoms with Crippen molar-refractivity contribution in [3.63, 3.8) is 0 Å². The molecule has 132 valence electrons. The van der Waals surface area contributed by atoms with Crippen LogP contribution in [0.2, 0.25) is 0 Å². The van der Waals surface area contributed by atoms with Crippen molar-refractivity contribution in [2.75, 3.05) is 0 Å². The van der Waals surface area contributed by atoms with Gasteiger partial charge in [0, 0.05) is 5.92 Å². The number of hydrogen-bond acceptors (Lipinski definition) is 2. The van der Waals surface area contributed by atoms with Crippen LogP contribution in [0.5, 0.6) is 0 Å². The highest BCUT2D eigenvalue weighted by Gasteiger charge is 2.46. The van der Waals surface area contributed by atoms with Crippen LogP contribution in [-0.4, -0.2) is 16.5 Å². The molecule has 3 fully saturated rings. The fourth-order valence-corrected chi connectivity index (χ4v) is 6.31. The van der Waals surface area contributed by atoms with E-state index in [0.717, 1.165) is 55.3 Å². The summed E-state index contributed by atoms with van der Waals surface area (Å²) in [6, 6.07) is 0. The number of carbonyl (C=O) groups is 1. The fourth-order valence-electron chi connectivity index (χ4n) is 6.31. The van der Waals surface area contributed by atoms with Crippen molar-refractivity contribution in [3.8, 4) is 0 Å². The van der Waals surface area contributed by atoms with E-state index < -0.39 is 5.60 Å². The van der Waals surface area contributed by atoms with Gasteiger partial charge in [-0.05, 0) is 101 Å². The van der Waals surface area contributed by atoms with Gasteiger partial charge in [-0.3, -0.25) is 4.79 Å². The van der Waals surface area contributed by atoms with E-state index in [-0.39, 0.29) is 0 Å². The van der Waals surface area contributed by atoms with Crippen molar-refractivity contribution < 1.29 is 9.90 Å². The van der Waals surface area contributed by atoms with Gasteiger partial charge in [0.05, 0.1) is 5.60 Å². The van der Waals surface area contributed by atoms with Crippen LogP contribution in [0.1, 0.15) is 85.0 Å². The molecular weight excluding hydrogens is 284 g/mol. The Labute approximate surface area is 142 Å². The molecule has 2 heteroatoms. The first-order chi connectivity index (χ1) is 10.9. The first-order valence-electron chi connectivity index (χ1n) is 10.1. The Balaban J connectivity index is 1.73. The topological polar surface area (TPSA) is 37.3 Å². The van der Waals surface area contributed by atoms with Crippen LogP contribution < -0.4 is 0 Å². The molecule has 0 bridgehead atoms. The Morgan fingerprint density at radius 1 is 0.957 bits per heavy atom. The van der Waals surface area contributed by atoms with E-state index in [1.807, 2.05) is 6.92 Å². The van der Waals surface area contributed by atoms with E-state index in [0.29, 0.717) is 11.7 Å². The second-order valence-electron chi connectivity index (χ2n) is 9.36. The van der Waals surface area contributed by atoms with E-state index in [1.54, 1.807) is 6.92 Å². The summed E-state index contributed by atoms with van der Waals surface area (Å²) in [5.41, 5.74) is -0.419. The van der Waals surface area contributed by atoms with Gasteiger partial charge >= 0.3 is 0 Å². The predicted molar refractivity (Wildman–Crippen MR) is 94.1 cm³/mol. The van der Waals surface area contributed by atoms with Gasteiger partial charge in [0.25, 0.3) is 0 Å². The molecule has 0 radical (unpaired) electrons. The van der Waals surface area contributed by atoms with Crippen molar-refractivity contribution in [2.45, 2.75) is 90.6 Å². The monoisotopic (exact) mass is 320 g/mol. The minimum absolute atomic E-state index is 0.320. The van der Waals surface area contributed by atoms with Crippen LogP contribution in [0.3, 0.4) is 0 Å². The molecule has 0 spiro atoms. The van der Waals surface area contributed by atoms with Crippen molar-refractivity contribution in [3.05, 3.63) is 0 Å². The molecule has 0 aliphatic heterocycles. The molecule has 0 aromatic carbocycles. The Bertz CT molecular complexity index is 428. The maximum atomic E-state index is 11.9. The molecule has 0 saturated heterocycles. The lowest BCUT2D eigenvalue weighted by Gasteiger charge is -2.50. The number of ketones is 1. The number of fused-ring (bicyclic) bond motifs is 3. The zero-order valence-corrected chi connectivity index (χ0v) is 15.4. The summed E-state index contributed by atoms with van der Waals surface area (Å²) >= 11 is 0. The smallest absolute Gasteiger partial charge is 0.132 e. The minimum Gasteiger partial charge on any atom is -0.390 e. The zero-order chi connectivity index (χ0) is 16.6. The highest BCUT2D eigenvalue weighted by molar-refractivity contribution is 5.78. The molecule has 3 aliphatic rings. The van der Waals surface area contributed by atoms with Gasteiger partial charge in [-0.2, -0.15) is 0 Å². The van der Waals surface area contributed by atoms with Crippen molar-refractivity contribution in [2.24, 2.45) is 35.5 Å². The maximum Gasteiger partial charge on any atom is 0.132 e. The molecule has 3 rings (SSSR count). The standard InChI is InChI=1S/C21H36O2/c1-14-7-8-16(15(2)22)5-4-6-20-18(14)10-9-17-13-21(3,23)12-11-19(17)20/h14,16-20,23H,4-13H2,1-3H3. The molecule has 3 aliphatic carbocycles. The SMILES string of the molecule is CC(=O)C1CCCC2C(CCC3CC(C)(O)CCC32)C(C)CC1. The van der Waals surface area contributed by atoms with Gasteiger partial charge in [0.1, 0.15) is 5.78 Å². The minimum atomic E-state index is -0.419. The zero-order valence-electron chi connectivity index (χ0n) is 15.4. The van der Waals surface area contributed by atoms with Gasteiger partial charge in [0.15, 0.2) is 0 Å². The van der Waals surface area contributed by atoms with E-state index in [2.05, 4.69) is 6.92 Å². The van der Waals surface area contributed by atoms with Crippen LogP contribution >= 0.6 is 0 Å². The summed E-state index contributed by atoms with van der Waals surface area (Å²) in [5, 5.41) is 10.5. The number of carbonyl (C=O) groups excluding carboxylic acids is 1. The van der Waals surface area contributed by atoms with Gasteiger partial charge in [0.2, 0.25) is 0 Å². The summed E-state index contributed by atoms with van der Waals surface area (Å²) < 4.78 is 0. The third-order valence-electron chi connectivity index (χ3n) is 7.66. The second-order valence-corrected chi connectivity index (χ2v) is 9.36. The summed E-state index contributed by atoms with van der Waals surface area (Å²) in [5.74, 6) is 4.80. The Morgan fingerprint density at radius 2 is 1.74 bits per heavy atom. The summed E-state index contributed by atoms with van der Waals surface area (Å²) in [7, 11) is 0. The molecule has 0 heterocycles. The van der Waals surface area contributed by atoms with Crippen LogP contribution in [-0.2, 0) is 4.79 Å². The van der Waals surface area contributed by atoms with Crippen LogP contribution in [0, 0.1) is 35.5 Å². The van der Waals surface area contributed by atoms with Gasteiger partial charge in [-0.25, -0.2) is 0 Å². The molecule has 3 saturated carbocycles. The Kier molecular flexibility index (Phi) is 5.21. The van der Waals surface area contributed by atoms with Gasteiger partial charge in [-0.1, -0.05) is 13.3 Å². The number of rotatable bonds is 1. The predicted octanol–water partition coefficient (Wildman–Crippen LogP) is 4.99. The van der Waals surface area contributed by atoms with Crippen molar-refractivity contribution in [1.82, 2.24) is 0 Å². The molecule has 0 aromatic heterocycles. The highest BCUT2D eigenvalue weighted by atomic mass is 16.3. The lowest BCUT2D eigenvalue weighted by atomic mass is 9.56. The van der Waals surface area contributed by atoms with Crippen molar-refractivity contribution >= 4 is 5.78 Å². The van der Waals surface area contributed by atoms with E-state index in [1.165, 1.54) is 38.5 Å². The molecule has 7 atom stereocenters. The largest absolute Gasteiger partial charge is 0.390 e. The fraction of sp³-hybridized carbons (Fsp3) is 0.952. The van der Waals surface area contributed by atoms with E-state index >= 15 is 0 Å². The third-order valence-corrected chi connectivity index (χ3v) is 7.66.